The Kier molecular flexibility index (Phi) is 3.55. The van der Waals surface area contributed by atoms with Gasteiger partial charge in [0, 0.05) is 21.7 Å². The van der Waals surface area contributed by atoms with Gasteiger partial charge in [-0.3, -0.25) is 5.84 Å². The van der Waals surface area contributed by atoms with Gasteiger partial charge >= 0.3 is 0 Å². The molecule has 0 bridgehead atoms. The van der Waals surface area contributed by atoms with Crippen molar-refractivity contribution in [1.82, 2.24) is 5.43 Å². The lowest BCUT2D eigenvalue weighted by atomic mass is 10.0. The van der Waals surface area contributed by atoms with E-state index in [4.69, 9.17) is 27.6 Å². The van der Waals surface area contributed by atoms with Crippen LogP contribution in [0.2, 0.25) is 5.02 Å². The first kappa shape index (κ1) is 13.9. The summed E-state index contributed by atoms with van der Waals surface area (Å²) in [7, 11) is 0. The second-order valence-electron chi connectivity index (χ2n) is 4.68. The number of para-hydroxylation sites is 1. The maximum Gasteiger partial charge on any atom is 0.169 e. The van der Waals surface area contributed by atoms with Gasteiger partial charge in [0.1, 0.15) is 11.8 Å². The van der Waals surface area contributed by atoms with Gasteiger partial charge in [0.2, 0.25) is 0 Å². The Labute approximate surface area is 125 Å². The minimum atomic E-state index is -0.492. The summed E-state index contributed by atoms with van der Waals surface area (Å²) in [6, 6.07) is 11.1. The summed E-state index contributed by atoms with van der Waals surface area (Å²) >= 11 is 5.89. The van der Waals surface area contributed by atoms with Crippen LogP contribution in [0.1, 0.15) is 17.4 Å². The molecule has 0 radical (unpaired) electrons. The highest BCUT2D eigenvalue weighted by atomic mass is 35.5. The van der Waals surface area contributed by atoms with Gasteiger partial charge in [0.25, 0.3) is 0 Å². The van der Waals surface area contributed by atoms with Crippen LogP contribution < -0.4 is 17.0 Å². The number of halogens is 2. The molecular formula is C15H13ClFN3O. The van der Waals surface area contributed by atoms with E-state index >= 15 is 0 Å². The Balaban J connectivity index is 2.11. The third-order valence-electron chi connectivity index (χ3n) is 3.33. The Hall–Kier alpha value is -2.08. The van der Waals surface area contributed by atoms with Crippen molar-refractivity contribution in [3.8, 4) is 0 Å². The van der Waals surface area contributed by atoms with Crippen molar-refractivity contribution in [3.63, 3.8) is 0 Å². The van der Waals surface area contributed by atoms with Gasteiger partial charge in [-0.1, -0.05) is 29.8 Å². The second-order valence-corrected chi connectivity index (χ2v) is 5.12. The summed E-state index contributed by atoms with van der Waals surface area (Å²) in [5.74, 6) is 5.67. The summed E-state index contributed by atoms with van der Waals surface area (Å²) in [5, 5.41) is 1.19. The van der Waals surface area contributed by atoms with Crippen molar-refractivity contribution >= 4 is 28.3 Å². The molecule has 1 heterocycles. The van der Waals surface area contributed by atoms with Gasteiger partial charge in [0.05, 0.1) is 0 Å². The number of hydrogen-bond acceptors (Lipinski definition) is 4. The molecule has 1 aromatic heterocycles. The molecule has 0 saturated carbocycles. The predicted molar refractivity (Wildman–Crippen MR) is 81.2 cm³/mol. The molecule has 5 N–H and O–H groups in total. The van der Waals surface area contributed by atoms with E-state index < -0.39 is 11.9 Å². The Morgan fingerprint density at radius 2 is 2.00 bits per heavy atom. The largest absolute Gasteiger partial charge is 0.456 e. The zero-order valence-electron chi connectivity index (χ0n) is 10.9. The topological polar surface area (TPSA) is 77.2 Å². The SMILES string of the molecule is NNC(c1cc2cccc(F)c2o1)c1ccc(Cl)cc1N. The fraction of sp³-hybridized carbons (Fsp3) is 0.0667. The number of fused-ring (bicyclic) bond motifs is 1. The Bertz CT molecular complexity index is 803. The number of hydrazine groups is 1. The number of furan rings is 1. The Morgan fingerprint density at radius 3 is 2.67 bits per heavy atom. The molecular weight excluding hydrogens is 293 g/mol. The fourth-order valence-electron chi connectivity index (χ4n) is 2.32. The first-order valence-corrected chi connectivity index (χ1v) is 6.67. The van der Waals surface area contributed by atoms with Gasteiger partial charge < -0.3 is 10.2 Å². The molecule has 21 heavy (non-hydrogen) atoms. The number of nitrogens with two attached hydrogens (primary N) is 2. The van der Waals surface area contributed by atoms with Crippen molar-refractivity contribution in [2.45, 2.75) is 6.04 Å². The molecule has 4 nitrogen and oxygen atoms in total. The fourth-order valence-corrected chi connectivity index (χ4v) is 2.50. The highest BCUT2D eigenvalue weighted by Crippen LogP contribution is 2.32. The molecule has 1 unspecified atom stereocenters. The van der Waals surface area contributed by atoms with Crippen LogP contribution in [-0.4, -0.2) is 0 Å². The summed E-state index contributed by atoms with van der Waals surface area (Å²) < 4.78 is 19.3. The van der Waals surface area contributed by atoms with Crippen LogP contribution in [0.25, 0.3) is 11.0 Å². The average Bonchev–Trinajstić information content (AvgIpc) is 2.87. The summed E-state index contributed by atoms with van der Waals surface area (Å²) in [4.78, 5) is 0. The lowest BCUT2D eigenvalue weighted by Crippen LogP contribution is -2.29. The van der Waals surface area contributed by atoms with E-state index in [1.54, 1.807) is 36.4 Å². The molecule has 1 atom stereocenters. The smallest absolute Gasteiger partial charge is 0.169 e. The number of rotatable bonds is 3. The minimum Gasteiger partial charge on any atom is -0.456 e. The van der Waals surface area contributed by atoms with Crippen LogP contribution in [-0.2, 0) is 0 Å². The van der Waals surface area contributed by atoms with E-state index in [-0.39, 0.29) is 5.58 Å². The van der Waals surface area contributed by atoms with Crippen molar-refractivity contribution in [2.75, 3.05) is 5.73 Å². The molecule has 0 aliphatic rings. The summed E-state index contributed by atoms with van der Waals surface area (Å²) in [6.45, 7) is 0. The van der Waals surface area contributed by atoms with Crippen LogP contribution in [0.5, 0.6) is 0 Å². The number of nitrogen functional groups attached to an aromatic ring is 1. The molecule has 0 spiro atoms. The monoisotopic (exact) mass is 305 g/mol. The normalized spacial score (nSPS) is 12.7. The van der Waals surface area contributed by atoms with Crippen LogP contribution in [0, 0.1) is 5.82 Å². The summed E-state index contributed by atoms with van der Waals surface area (Å²) in [5.41, 5.74) is 9.98. The zero-order chi connectivity index (χ0) is 15.0. The van der Waals surface area contributed by atoms with Crippen molar-refractivity contribution in [2.24, 2.45) is 5.84 Å². The van der Waals surface area contributed by atoms with Gasteiger partial charge in [-0.15, -0.1) is 0 Å². The average molecular weight is 306 g/mol. The maximum atomic E-state index is 13.7. The maximum absolute atomic E-state index is 13.7. The van der Waals surface area contributed by atoms with Gasteiger partial charge in [0.15, 0.2) is 11.4 Å². The zero-order valence-corrected chi connectivity index (χ0v) is 11.7. The number of hydrogen-bond donors (Lipinski definition) is 3. The van der Waals surface area contributed by atoms with E-state index in [0.29, 0.717) is 27.4 Å². The standard InChI is InChI=1S/C15H13ClFN3O/c16-9-4-5-10(12(18)7-9)14(20-19)13-6-8-2-1-3-11(17)15(8)21-13/h1-7,14,20H,18-19H2. The molecule has 108 valence electrons. The second kappa shape index (κ2) is 5.37. The molecule has 0 saturated heterocycles. The molecule has 0 aliphatic carbocycles. The molecule has 0 fully saturated rings. The van der Waals surface area contributed by atoms with Crippen LogP contribution >= 0.6 is 11.6 Å². The summed E-state index contributed by atoms with van der Waals surface area (Å²) in [6.07, 6.45) is 0. The number of benzene rings is 2. The predicted octanol–water partition coefficient (Wildman–Crippen LogP) is 3.36. The van der Waals surface area contributed by atoms with E-state index in [2.05, 4.69) is 5.43 Å². The molecule has 3 rings (SSSR count). The van der Waals surface area contributed by atoms with E-state index in [9.17, 15) is 4.39 Å². The number of nitrogens with one attached hydrogen (secondary N) is 1. The first-order valence-electron chi connectivity index (χ1n) is 6.29. The van der Waals surface area contributed by atoms with Gasteiger partial charge in [-0.25, -0.2) is 9.82 Å². The van der Waals surface area contributed by atoms with Crippen LogP contribution in [0.15, 0.2) is 46.9 Å². The van der Waals surface area contributed by atoms with Crippen LogP contribution in [0.3, 0.4) is 0 Å². The third-order valence-corrected chi connectivity index (χ3v) is 3.56. The Morgan fingerprint density at radius 1 is 1.19 bits per heavy atom. The molecule has 0 aliphatic heterocycles. The molecule has 3 aromatic rings. The highest BCUT2D eigenvalue weighted by Gasteiger charge is 2.20. The minimum absolute atomic E-state index is 0.195. The molecule has 6 heteroatoms. The van der Waals surface area contributed by atoms with E-state index in [1.807, 2.05) is 0 Å². The third kappa shape index (κ3) is 2.47. The quantitative estimate of drug-likeness (QED) is 0.394. The first-order chi connectivity index (χ1) is 10.1. The molecule has 0 amide bonds. The van der Waals surface area contributed by atoms with E-state index in [0.717, 1.165) is 0 Å². The van der Waals surface area contributed by atoms with Gasteiger partial charge in [-0.05, 0) is 24.3 Å². The number of anilines is 1. The molecule has 2 aromatic carbocycles. The van der Waals surface area contributed by atoms with Crippen molar-refractivity contribution in [1.29, 1.82) is 0 Å². The lowest BCUT2D eigenvalue weighted by molar-refractivity contribution is 0.465. The van der Waals surface area contributed by atoms with Crippen molar-refractivity contribution in [3.05, 3.63) is 64.6 Å². The van der Waals surface area contributed by atoms with Crippen molar-refractivity contribution < 1.29 is 8.81 Å². The van der Waals surface area contributed by atoms with E-state index in [1.165, 1.54) is 6.07 Å². The highest BCUT2D eigenvalue weighted by molar-refractivity contribution is 6.30. The lowest BCUT2D eigenvalue weighted by Gasteiger charge is -2.16. The van der Waals surface area contributed by atoms with Crippen LogP contribution in [0.4, 0.5) is 10.1 Å². The van der Waals surface area contributed by atoms with Gasteiger partial charge in [-0.2, -0.15) is 0 Å².